The third-order valence-corrected chi connectivity index (χ3v) is 6.41. The van der Waals surface area contributed by atoms with Gasteiger partial charge in [0.1, 0.15) is 0 Å². The number of nitrogens with one attached hydrogen (secondary N) is 1. The zero-order chi connectivity index (χ0) is 24.1. The number of amides is 2. The summed E-state index contributed by atoms with van der Waals surface area (Å²) in [4.78, 5) is 28.0. The topological polar surface area (TPSA) is 76.5 Å². The molecule has 7 heteroatoms. The van der Waals surface area contributed by atoms with Crippen molar-refractivity contribution in [3.63, 3.8) is 0 Å². The Kier molecular flexibility index (Phi) is 8.30. The predicted molar refractivity (Wildman–Crippen MR) is 130 cm³/mol. The Balaban J connectivity index is 1.74. The van der Waals surface area contributed by atoms with Crippen molar-refractivity contribution in [2.75, 3.05) is 25.0 Å². The van der Waals surface area contributed by atoms with Gasteiger partial charge >= 0.3 is 0 Å². The van der Waals surface area contributed by atoms with Crippen molar-refractivity contribution < 1.29 is 14.3 Å². The highest BCUT2D eigenvalue weighted by atomic mass is 16.5. The molecule has 1 aliphatic heterocycles. The SMILES string of the molecule is Cc1cccc(NC(=O)CN(CC2CCCO2)C(=O)Cc2c(C)nn(CC(C)C)c2C)c1C. The highest BCUT2D eigenvalue weighted by molar-refractivity contribution is 5.95. The first kappa shape index (κ1) is 25.0. The van der Waals surface area contributed by atoms with Gasteiger partial charge in [-0.05, 0) is 63.6 Å². The van der Waals surface area contributed by atoms with Gasteiger partial charge in [-0.2, -0.15) is 5.10 Å². The molecule has 0 radical (unpaired) electrons. The average Bonchev–Trinajstić information content (AvgIpc) is 3.34. The maximum atomic E-state index is 13.4. The predicted octanol–water partition coefficient (Wildman–Crippen LogP) is 3.96. The van der Waals surface area contributed by atoms with Crippen molar-refractivity contribution in [1.29, 1.82) is 0 Å². The maximum Gasteiger partial charge on any atom is 0.244 e. The van der Waals surface area contributed by atoms with E-state index in [0.29, 0.717) is 19.1 Å². The summed E-state index contributed by atoms with van der Waals surface area (Å²) >= 11 is 0. The molecular formula is C26H38N4O3. The summed E-state index contributed by atoms with van der Waals surface area (Å²) in [6, 6.07) is 5.83. The minimum absolute atomic E-state index is 0.00427. The molecule has 1 fully saturated rings. The van der Waals surface area contributed by atoms with Crippen LogP contribution in [0.25, 0.3) is 0 Å². The molecule has 3 rings (SSSR count). The molecule has 1 saturated heterocycles. The minimum Gasteiger partial charge on any atom is -0.376 e. The number of aromatic nitrogens is 2. The fourth-order valence-corrected chi connectivity index (χ4v) is 4.31. The zero-order valence-electron chi connectivity index (χ0n) is 20.9. The molecule has 2 aromatic rings. The molecule has 1 aromatic heterocycles. The largest absolute Gasteiger partial charge is 0.376 e. The van der Waals surface area contributed by atoms with Gasteiger partial charge in [0.15, 0.2) is 0 Å². The summed E-state index contributed by atoms with van der Waals surface area (Å²) in [5.74, 6) is 0.201. The van der Waals surface area contributed by atoms with E-state index in [-0.39, 0.29) is 30.9 Å². The molecule has 0 spiro atoms. The van der Waals surface area contributed by atoms with Crippen molar-refractivity contribution in [2.45, 2.75) is 73.5 Å². The van der Waals surface area contributed by atoms with Crippen molar-refractivity contribution in [3.05, 3.63) is 46.3 Å². The molecule has 7 nitrogen and oxygen atoms in total. The van der Waals surface area contributed by atoms with Gasteiger partial charge in [-0.1, -0.05) is 26.0 Å². The normalized spacial score (nSPS) is 15.8. The molecule has 1 aromatic carbocycles. The second-order valence-corrected chi connectivity index (χ2v) is 9.61. The van der Waals surface area contributed by atoms with E-state index in [4.69, 9.17) is 4.74 Å². The number of hydrogen-bond acceptors (Lipinski definition) is 4. The van der Waals surface area contributed by atoms with Crippen LogP contribution in [0.5, 0.6) is 0 Å². The quantitative estimate of drug-likeness (QED) is 0.622. The molecule has 0 aliphatic carbocycles. The Morgan fingerprint density at radius 2 is 2.00 bits per heavy atom. The monoisotopic (exact) mass is 454 g/mol. The van der Waals surface area contributed by atoms with E-state index in [1.54, 1.807) is 4.90 Å². The second kappa shape index (κ2) is 11.0. The van der Waals surface area contributed by atoms with Crippen LogP contribution in [0.15, 0.2) is 18.2 Å². The van der Waals surface area contributed by atoms with Crippen LogP contribution in [0, 0.1) is 33.6 Å². The van der Waals surface area contributed by atoms with Crippen LogP contribution < -0.4 is 5.32 Å². The minimum atomic E-state index is -0.195. The lowest BCUT2D eigenvalue weighted by atomic mass is 10.1. The summed E-state index contributed by atoms with van der Waals surface area (Å²) in [7, 11) is 0. The van der Waals surface area contributed by atoms with Gasteiger partial charge in [-0.15, -0.1) is 0 Å². The number of aryl methyl sites for hydroxylation is 2. The molecule has 1 aliphatic rings. The fraction of sp³-hybridized carbons (Fsp3) is 0.577. The number of carbonyl (C=O) groups excluding carboxylic acids is 2. The van der Waals surface area contributed by atoms with Crippen molar-refractivity contribution in [1.82, 2.24) is 14.7 Å². The van der Waals surface area contributed by atoms with Crippen molar-refractivity contribution >= 4 is 17.5 Å². The molecular weight excluding hydrogens is 416 g/mol. The zero-order valence-corrected chi connectivity index (χ0v) is 20.9. The van der Waals surface area contributed by atoms with E-state index < -0.39 is 0 Å². The van der Waals surface area contributed by atoms with E-state index in [2.05, 4.69) is 24.3 Å². The molecule has 1 atom stereocenters. The molecule has 1 unspecified atom stereocenters. The van der Waals surface area contributed by atoms with Crippen LogP contribution in [-0.4, -0.2) is 52.3 Å². The van der Waals surface area contributed by atoms with Gasteiger partial charge < -0.3 is 15.0 Å². The standard InChI is InChI=1S/C26H38N4O3/c1-17(2)14-30-21(6)23(20(5)28-30)13-26(32)29(15-22-10-8-12-33-22)16-25(31)27-24-11-7-9-18(3)19(24)4/h7,9,11,17,22H,8,10,12-16H2,1-6H3,(H,27,31). The first-order valence-electron chi connectivity index (χ1n) is 11.9. The van der Waals surface area contributed by atoms with Crippen molar-refractivity contribution in [2.24, 2.45) is 5.92 Å². The Bertz CT molecular complexity index is 990. The lowest BCUT2D eigenvalue weighted by Gasteiger charge is -2.25. The van der Waals surface area contributed by atoms with Gasteiger partial charge in [-0.3, -0.25) is 14.3 Å². The molecule has 33 heavy (non-hydrogen) atoms. The molecule has 2 amide bonds. The smallest absolute Gasteiger partial charge is 0.244 e. The highest BCUT2D eigenvalue weighted by Gasteiger charge is 2.26. The lowest BCUT2D eigenvalue weighted by Crippen LogP contribution is -2.43. The summed E-state index contributed by atoms with van der Waals surface area (Å²) in [6.07, 6.45) is 2.11. The second-order valence-electron chi connectivity index (χ2n) is 9.61. The highest BCUT2D eigenvalue weighted by Crippen LogP contribution is 2.20. The Morgan fingerprint density at radius 3 is 2.67 bits per heavy atom. The number of carbonyl (C=O) groups is 2. The Morgan fingerprint density at radius 1 is 1.24 bits per heavy atom. The fourth-order valence-electron chi connectivity index (χ4n) is 4.31. The van der Waals surface area contributed by atoms with Crippen LogP contribution in [0.3, 0.4) is 0 Å². The van der Waals surface area contributed by atoms with Crippen LogP contribution in [0.4, 0.5) is 5.69 Å². The van der Waals surface area contributed by atoms with E-state index in [9.17, 15) is 9.59 Å². The van der Waals surface area contributed by atoms with Gasteiger partial charge in [0.2, 0.25) is 11.8 Å². The number of nitrogens with zero attached hydrogens (tertiary/aromatic N) is 3. The van der Waals surface area contributed by atoms with Crippen LogP contribution in [-0.2, 0) is 27.3 Å². The first-order chi connectivity index (χ1) is 15.7. The average molecular weight is 455 g/mol. The number of hydrogen-bond donors (Lipinski definition) is 1. The number of benzene rings is 1. The van der Waals surface area contributed by atoms with Gasteiger partial charge in [0.05, 0.1) is 24.8 Å². The van der Waals surface area contributed by atoms with Crippen LogP contribution >= 0.6 is 0 Å². The third kappa shape index (κ3) is 6.44. The van der Waals surface area contributed by atoms with E-state index in [1.165, 1.54) is 0 Å². The molecule has 0 bridgehead atoms. The van der Waals surface area contributed by atoms with Crippen LogP contribution in [0.1, 0.15) is 54.8 Å². The van der Waals surface area contributed by atoms with E-state index in [0.717, 1.165) is 53.2 Å². The number of rotatable bonds is 9. The molecule has 1 N–H and O–H groups in total. The van der Waals surface area contributed by atoms with E-state index >= 15 is 0 Å². The summed E-state index contributed by atoms with van der Waals surface area (Å²) < 4.78 is 7.76. The van der Waals surface area contributed by atoms with Gasteiger partial charge in [0, 0.05) is 36.6 Å². The summed E-state index contributed by atoms with van der Waals surface area (Å²) in [5, 5.41) is 7.63. The summed E-state index contributed by atoms with van der Waals surface area (Å²) in [6.45, 7) is 14.2. The van der Waals surface area contributed by atoms with E-state index in [1.807, 2.05) is 50.6 Å². The van der Waals surface area contributed by atoms with Gasteiger partial charge in [-0.25, -0.2) is 0 Å². The Labute approximate surface area is 197 Å². The lowest BCUT2D eigenvalue weighted by molar-refractivity contribution is -0.135. The Hall–Kier alpha value is -2.67. The third-order valence-electron chi connectivity index (χ3n) is 6.41. The molecule has 2 heterocycles. The van der Waals surface area contributed by atoms with Crippen molar-refractivity contribution in [3.8, 4) is 0 Å². The van der Waals surface area contributed by atoms with Crippen LogP contribution in [0.2, 0.25) is 0 Å². The summed E-state index contributed by atoms with van der Waals surface area (Å²) in [5.41, 5.74) is 5.78. The molecule has 180 valence electrons. The maximum absolute atomic E-state index is 13.4. The van der Waals surface area contributed by atoms with Gasteiger partial charge in [0.25, 0.3) is 0 Å². The first-order valence-corrected chi connectivity index (χ1v) is 11.9. The number of anilines is 1. The number of ether oxygens (including phenoxy) is 1. The molecule has 0 saturated carbocycles.